The summed E-state index contributed by atoms with van der Waals surface area (Å²) >= 11 is 0. The van der Waals surface area contributed by atoms with Crippen LogP contribution in [0.25, 0.3) is 0 Å². The van der Waals surface area contributed by atoms with Gasteiger partial charge in [-0.05, 0) is 73.2 Å². The fraction of sp³-hybridized carbons (Fsp3) is 0.816. The first kappa shape index (κ1) is 41.0. The van der Waals surface area contributed by atoms with E-state index in [0.717, 1.165) is 57.8 Å². The normalized spacial score (nSPS) is 26.3. The van der Waals surface area contributed by atoms with E-state index < -0.39 is 58.2 Å². The second kappa shape index (κ2) is 16.5. The molecule has 0 aromatic carbocycles. The number of nitrogens with one attached hydrogen (secondary N) is 4. The SMILES string of the molecule is C=CCNC(=O)C(=O)C(CC1CC1)NC(=O)[C@@H]1[C@H]2CCC(C)(C)[C@H]2CN1C(=O)[C@@H](NC(=O)N[C@H](CN(C)S(C)=O)C(C)(C)C)C1(C)CCCCC1. The fourth-order valence-electron chi connectivity index (χ4n) is 8.55. The molecule has 12 nitrogen and oxygen atoms in total. The molecule has 3 aliphatic carbocycles. The van der Waals surface area contributed by atoms with Crippen LogP contribution in [0, 0.1) is 34.0 Å². The Balaban J connectivity index is 1.64. The maximum absolute atomic E-state index is 15.0. The van der Waals surface area contributed by atoms with Gasteiger partial charge in [0.15, 0.2) is 0 Å². The predicted octanol–water partition coefficient (Wildman–Crippen LogP) is 3.68. The van der Waals surface area contributed by atoms with Crippen molar-refractivity contribution >= 4 is 40.5 Å². The standard InChI is InChI=1S/C38H64N6O6S/c1-10-20-39-33(47)30(45)27(21-24-14-15-24)40-32(46)29-25-16-19-37(5,6)26(25)22-44(29)34(48)31(38(7)17-12-11-13-18-38)42-35(49)41-28(36(2,3)4)23-43(8)51(9)50/h10,24-29,31H,1,11-23H2,2-9H3,(H,39,47)(H,40,46)(H2,41,42,49)/t25-,26-,27?,28+,29-,31+,51?/m0/s1. The Labute approximate surface area is 308 Å². The van der Waals surface area contributed by atoms with Gasteiger partial charge >= 0.3 is 6.03 Å². The summed E-state index contributed by atoms with van der Waals surface area (Å²) in [6.45, 7) is 16.9. The number of urea groups is 1. The summed E-state index contributed by atoms with van der Waals surface area (Å²) in [5.74, 6) is -1.93. The number of amides is 5. The summed E-state index contributed by atoms with van der Waals surface area (Å²) < 4.78 is 13.9. The molecule has 4 fully saturated rings. The maximum atomic E-state index is 15.0. The Morgan fingerprint density at radius 1 is 0.980 bits per heavy atom. The lowest BCUT2D eigenvalue weighted by molar-refractivity contribution is -0.145. The molecule has 1 heterocycles. The second-order valence-corrected chi connectivity index (χ2v) is 19.2. The van der Waals surface area contributed by atoms with Gasteiger partial charge in [-0.25, -0.2) is 13.3 Å². The van der Waals surface area contributed by atoms with Crippen LogP contribution in [0.1, 0.15) is 106 Å². The number of rotatable bonds is 15. The van der Waals surface area contributed by atoms with Gasteiger partial charge in [0.05, 0.1) is 17.0 Å². The number of carbonyl (C=O) groups excluding carboxylic acids is 5. The quantitative estimate of drug-likeness (QED) is 0.149. The Kier molecular flexibility index (Phi) is 13.2. The van der Waals surface area contributed by atoms with Gasteiger partial charge in [-0.1, -0.05) is 79.7 Å². The molecule has 0 spiro atoms. The highest BCUT2D eigenvalue weighted by Crippen LogP contribution is 2.53. The van der Waals surface area contributed by atoms with Crippen LogP contribution in [0.4, 0.5) is 4.79 Å². The van der Waals surface area contributed by atoms with E-state index in [-0.39, 0.29) is 47.1 Å². The Morgan fingerprint density at radius 2 is 1.63 bits per heavy atom. The van der Waals surface area contributed by atoms with Crippen molar-refractivity contribution in [2.24, 2.45) is 34.0 Å². The highest BCUT2D eigenvalue weighted by atomic mass is 32.2. The van der Waals surface area contributed by atoms with Gasteiger partial charge < -0.3 is 26.2 Å². The van der Waals surface area contributed by atoms with E-state index in [1.807, 2.05) is 20.8 Å². The van der Waals surface area contributed by atoms with Crippen LogP contribution in [0.5, 0.6) is 0 Å². The van der Waals surface area contributed by atoms with Gasteiger partial charge in [-0.15, -0.1) is 6.58 Å². The van der Waals surface area contributed by atoms with Crippen molar-refractivity contribution in [3.05, 3.63) is 12.7 Å². The number of likely N-dealkylation sites (tertiary alicyclic amines) is 1. The molecule has 288 valence electrons. The lowest BCUT2D eigenvalue weighted by Crippen LogP contribution is -2.63. The van der Waals surface area contributed by atoms with E-state index in [2.05, 4.69) is 48.6 Å². The molecule has 7 atom stereocenters. The summed E-state index contributed by atoms with van der Waals surface area (Å²) in [5, 5.41) is 11.7. The summed E-state index contributed by atoms with van der Waals surface area (Å²) in [4.78, 5) is 71.1. The highest BCUT2D eigenvalue weighted by molar-refractivity contribution is 7.81. The topological polar surface area (TPSA) is 157 Å². The molecule has 3 saturated carbocycles. The van der Waals surface area contributed by atoms with Gasteiger partial charge in [-0.3, -0.25) is 19.2 Å². The van der Waals surface area contributed by atoms with Crippen LogP contribution < -0.4 is 21.3 Å². The summed E-state index contributed by atoms with van der Waals surface area (Å²) in [5.41, 5.74) is -1.00. The third kappa shape index (κ3) is 10.00. The molecular formula is C38H64N6O6S. The first-order valence-corrected chi connectivity index (χ1v) is 20.5. The second-order valence-electron chi connectivity index (χ2n) is 17.8. The molecule has 51 heavy (non-hydrogen) atoms. The Hall–Kier alpha value is -2.80. The first-order valence-electron chi connectivity index (χ1n) is 18.9. The van der Waals surface area contributed by atoms with E-state index >= 15 is 4.79 Å². The van der Waals surface area contributed by atoms with Crippen molar-refractivity contribution in [3.8, 4) is 0 Å². The highest BCUT2D eigenvalue weighted by Gasteiger charge is 2.58. The summed E-state index contributed by atoms with van der Waals surface area (Å²) in [6.07, 6.45) is 11.5. The third-order valence-corrected chi connectivity index (χ3v) is 13.3. The number of likely N-dealkylation sites (N-methyl/N-ethyl adjacent to an activating group) is 1. The van der Waals surface area contributed by atoms with Crippen molar-refractivity contribution in [1.29, 1.82) is 0 Å². The lowest BCUT2D eigenvalue weighted by atomic mass is 9.70. The molecule has 2 unspecified atom stereocenters. The molecule has 0 radical (unpaired) electrons. The molecule has 0 aromatic rings. The molecule has 13 heteroatoms. The number of ketones is 1. The molecule has 4 aliphatic rings. The van der Waals surface area contributed by atoms with Crippen LogP contribution in [0.3, 0.4) is 0 Å². The minimum Gasteiger partial charge on any atom is -0.346 e. The van der Waals surface area contributed by atoms with Crippen LogP contribution in [0.15, 0.2) is 12.7 Å². The van der Waals surface area contributed by atoms with Crippen molar-refractivity contribution in [1.82, 2.24) is 30.5 Å². The third-order valence-electron chi connectivity index (χ3n) is 12.3. The predicted molar refractivity (Wildman–Crippen MR) is 200 cm³/mol. The Morgan fingerprint density at radius 3 is 2.20 bits per heavy atom. The number of Topliss-reactive ketones (excluding diaryl/α,β-unsaturated/α-hetero) is 1. The van der Waals surface area contributed by atoms with E-state index in [0.29, 0.717) is 19.5 Å². The van der Waals surface area contributed by atoms with Crippen molar-refractivity contribution in [2.75, 3.05) is 32.9 Å². The van der Waals surface area contributed by atoms with Crippen molar-refractivity contribution in [2.45, 2.75) is 130 Å². The minimum absolute atomic E-state index is 0.0648. The van der Waals surface area contributed by atoms with Crippen molar-refractivity contribution in [3.63, 3.8) is 0 Å². The average Bonchev–Trinajstić information content (AvgIpc) is 3.71. The van der Waals surface area contributed by atoms with Crippen LogP contribution in [-0.4, -0.2) is 100 Å². The number of carbonyl (C=O) groups is 5. The van der Waals surface area contributed by atoms with Gasteiger partial charge in [0, 0.05) is 31.9 Å². The molecule has 0 aromatic heterocycles. The van der Waals surface area contributed by atoms with Gasteiger partial charge in [-0.2, -0.15) is 0 Å². The van der Waals surface area contributed by atoms with Crippen LogP contribution >= 0.6 is 0 Å². The van der Waals surface area contributed by atoms with Gasteiger partial charge in [0.1, 0.15) is 12.1 Å². The smallest absolute Gasteiger partial charge is 0.315 e. The molecule has 1 saturated heterocycles. The monoisotopic (exact) mass is 732 g/mol. The van der Waals surface area contributed by atoms with Crippen LogP contribution in [0.2, 0.25) is 0 Å². The zero-order chi connectivity index (χ0) is 37.9. The van der Waals surface area contributed by atoms with Gasteiger partial charge in [0.2, 0.25) is 17.6 Å². The van der Waals surface area contributed by atoms with E-state index in [9.17, 15) is 23.4 Å². The molecule has 1 aliphatic heterocycles. The fourth-order valence-corrected chi connectivity index (χ4v) is 8.91. The molecule has 0 bridgehead atoms. The average molecular weight is 733 g/mol. The van der Waals surface area contributed by atoms with E-state index in [1.165, 1.54) is 6.08 Å². The van der Waals surface area contributed by atoms with Gasteiger partial charge in [0.25, 0.3) is 5.91 Å². The molecule has 4 rings (SSSR count). The first-order chi connectivity index (χ1) is 23.8. The van der Waals surface area contributed by atoms with E-state index in [4.69, 9.17) is 0 Å². The lowest BCUT2D eigenvalue weighted by Gasteiger charge is -2.43. The molecule has 4 N–H and O–H groups in total. The maximum Gasteiger partial charge on any atom is 0.315 e. The summed E-state index contributed by atoms with van der Waals surface area (Å²) in [7, 11) is 0.523. The van der Waals surface area contributed by atoms with E-state index in [1.54, 1.807) is 22.5 Å². The molecule has 5 amide bonds. The minimum atomic E-state index is -1.22. The zero-order valence-corrected chi connectivity index (χ0v) is 33.1. The van der Waals surface area contributed by atoms with Crippen LogP contribution in [-0.2, 0) is 30.2 Å². The molecular weight excluding hydrogens is 669 g/mol. The van der Waals surface area contributed by atoms with Crippen molar-refractivity contribution < 1.29 is 28.2 Å². The number of fused-ring (bicyclic) bond motifs is 1. The number of hydrogen-bond donors (Lipinski definition) is 4. The zero-order valence-electron chi connectivity index (χ0n) is 32.3. The Bertz CT molecular complexity index is 1350. The largest absolute Gasteiger partial charge is 0.346 e. The summed E-state index contributed by atoms with van der Waals surface area (Å²) in [6, 6.07) is -3.54. The number of hydrogen-bond acceptors (Lipinski definition) is 6. The number of nitrogens with zero attached hydrogens (tertiary/aromatic N) is 2.